The molecule has 0 aromatic carbocycles. The van der Waals surface area contributed by atoms with Gasteiger partial charge in [-0.3, -0.25) is 25.3 Å². The summed E-state index contributed by atoms with van der Waals surface area (Å²) in [4.78, 5) is 0. The van der Waals surface area contributed by atoms with Crippen LogP contribution in [0.25, 0.3) is 0 Å². The Morgan fingerprint density at radius 2 is 0.444 bits per heavy atom. The minimum Gasteiger partial charge on any atom is -0.759 e. The molecule has 3 N–H and O–H groups in total. The van der Waals surface area contributed by atoms with Crippen molar-refractivity contribution in [2.75, 3.05) is 0 Å². The van der Waals surface area contributed by atoms with Gasteiger partial charge in [-0.05, 0) is 0 Å². The van der Waals surface area contributed by atoms with E-state index in [1.54, 1.807) is 0 Å². The van der Waals surface area contributed by atoms with Crippen molar-refractivity contribution in [1.29, 1.82) is 0 Å². The van der Waals surface area contributed by atoms with Crippen molar-refractivity contribution in [3.63, 3.8) is 0 Å². The maximum atomic E-state index is 8.52. The molecule has 0 amide bonds. The molecule has 18 heavy (non-hydrogen) atoms. The molecule has 0 aromatic rings. The van der Waals surface area contributed by atoms with Crippen molar-refractivity contribution in [3.8, 4) is 0 Å². The summed E-state index contributed by atoms with van der Waals surface area (Å²) in [7, 11) is -15.5. The summed E-state index contributed by atoms with van der Waals surface area (Å²) < 4.78 is 102. The molecule has 13 nitrogen and oxygen atoms in total. The fourth-order valence-electron chi connectivity index (χ4n) is 0. The van der Waals surface area contributed by atoms with Crippen LogP contribution in [0.1, 0.15) is 0 Å². The summed E-state index contributed by atoms with van der Waals surface area (Å²) in [6.45, 7) is 0. The molecule has 0 aliphatic heterocycles. The van der Waals surface area contributed by atoms with Gasteiger partial charge in [0.1, 0.15) is 0 Å². The van der Waals surface area contributed by atoms with E-state index in [-0.39, 0.29) is 40.9 Å². The second-order valence-electron chi connectivity index (χ2n) is 1.22. The molecular formula is H3Al2NO12S3. The zero-order chi connectivity index (χ0) is 13.5. The van der Waals surface area contributed by atoms with Gasteiger partial charge in [-0.2, -0.15) is 0 Å². The topological polar surface area (TPSA) is 276 Å². The van der Waals surface area contributed by atoms with Crippen LogP contribution >= 0.6 is 0 Å². The van der Waals surface area contributed by atoms with E-state index < -0.39 is 31.2 Å². The monoisotopic (exact) mass is 359 g/mol. The molecule has 0 spiro atoms. The molecule has 0 bridgehead atoms. The van der Waals surface area contributed by atoms with Gasteiger partial charge in [-0.1, -0.05) is 0 Å². The predicted molar refractivity (Wildman–Crippen MR) is 48.0 cm³/mol. The van der Waals surface area contributed by atoms with Gasteiger partial charge in [0.15, 0.2) is 0 Å². The van der Waals surface area contributed by atoms with E-state index >= 15 is 0 Å². The minimum absolute atomic E-state index is 0. The molecule has 0 fully saturated rings. The average molecular weight is 359 g/mol. The number of hydrogen-bond acceptors (Lipinski definition) is 13. The molecule has 0 radical (unpaired) electrons. The van der Waals surface area contributed by atoms with Crippen LogP contribution in [0.3, 0.4) is 0 Å². The van der Waals surface area contributed by atoms with Crippen LogP contribution in [0.4, 0.5) is 0 Å². The standard InChI is InChI=1S/2Al.H3N.3H2O4S/c;;;3*1-5(2,3)4/h;;1H3;3*(H2,1,2,3,4)/q2*+3;;;;/p-6. The molecule has 0 unspecified atom stereocenters. The van der Waals surface area contributed by atoms with Gasteiger partial charge in [-0.25, -0.2) is 0 Å². The quantitative estimate of drug-likeness (QED) is 0.242. The third kappa shape index (κ3) is 10100. The minimum atomic E-state index is -5.17. The van der Waals surface area contributed by atoms with Crippen molar-refractivity contribution in [2.45, 2.75) is 0 Å². The summed E-state index contributed by atoms with van der Waals surface area (Å²) in [5.74, 6) is 0. The molecule has 104 valence electrons. The first-order valence-corrected chi connectivity index (χ1v) is 6.00. The molecule has 0 saturated heterocycles. The van der Waals surface area contributed by atoms with E-state index in [4.69, 9.17) is 52.6 Å². The SMILES string of the molecule is N.O=S(=O)([O-])[O-].O=S(=O)([O-])[O-].O=S(=O)([O-])[O-].[Al+3].[Al+3]. The van der Waals surface area contributed by atoms with E-state index in [0.29, 0.717) is 0 Å². The fraction of sp³-hybridized carbons (Fsp3) is 0. The van der Waals surface area contributed by atoms with Crippen LogP contribution in [-0.2, 0) is 31.2 Å². The number of hydrogen-bond donors (Lipinski definition) is 1. The second-order valence-corrected chi connectivity index (χ2v) is 3.67. The maximum Gasteiger partial charge on any atom is 3.00 e. The fourth-order valence-corrected chi connectivity index (χ4v) is 0. The molecular weight excluding hydrogens is 356 g/mol. The normalized spacial score (nSPS) is 9.67. The smallest absolute Gasteiger partial charge is 0.759 e. The largest absolute Gasteiger partial charge is 3.00 e. The second kappa shape index (κ2) is 14.1. The summed E-state index contributed by atoms with van der Waals surface area (Å²) in [6.07, 6.45) is 0. The van der Waals surface area contributed by atoms with Crippen molar-refractivity contribution in [1.82, 2.24) is 6.15 Å². The molecule has 0 saturated carbocycles. The van der Waals surface area contributed by atoms with Crippen LogP contribution in [0, 0.1) is 0 Å². The van der Waals surface area contributed by atoms with E-state index in [0.717, 1.165) is 0 Å². The first kappa shape index (κ1) is 36.3. The Morgan fingerprint density at radius 3 is 0.444 bits per heavy atom. The van der Waals surface area contributed by atoms with Crippen LogP contribution < -0.4 is 6.15 Å². The Labute approximate surface area is 124 Å². The third-order valence-corrected chi connectivity index (χ3v) is 0. The maximum absolute atomic E-state index is 8.52. The van der Waals surface area contributed by atoms with E-state index in [9.17, 15) is 0 Å². The average Bonchev–Trinajstić information content (AvgIpc) is 1.41. The summed E-state index contributed by atoms with van der Waals surface area (Å²) in [5, 5.41) is 0. The van der Waals surface area contributed by atoms with Gasteiger partial charge in [0.2, 0.25) is 0 Å². The Morgan fingerprint density at radius 1 is 0.444 bits per heavy atom. The van der Waals surface area contributed by atoms with Gasteiger partial charge in [0.05, 0.1) is 0 Å². The van der Waals surface area contributed by atoms with Crippen molar-refractivity contribution in [2.24, 2.45) is 0 Å². The van der Waals surface area contributed by atoms with Crippen LogP contribution in [-0.4, -0.2) is 87.3 Å². The molecule has 0 rings (SSSR count). The van der Waals surface area contributed by atoms with E-state index in [2.05, 4.69) is 0 Å². The van der Waals surface area contributed by atoms with Crippen LogP contribution in [0.2, 0.25) is 0 Å². The Balaban J connectivity index is -0.0000000277. The predicted octanol–water partition coefficient (Wildman–Crippen LogP) is -4.61. The van der Waals surface area contributed by atoms with E-state index in [1.807, 2.05) is 0 Å². The molecule has 0 atom stereocenters. The van der Waals surface area contributed by atoms with Crippen LogP contribution in [0.5, 0.6) is 0 Å². The zero-order valence-electron chi connectivity index (χ0n) is 7.99. The van der Waals surface area contributed by atoms with Crippen molar-refractivity contribution >= 4 is 65.9 Å². The molecule has 0 aliphatic rings. The van der Waals surface area contributed by atoms with Gasteiger partial charge in [0, 0.05) is 31.2 Å². The van der Waals surface area contributed by atoms with Gasteiger partial charge in [0.25, 0.3) is 0 Å². The molecule has 0 aromatic heterocycles. The molecule has 0 aliphatic carbocycles. The summed E-state index contributed by atoms with van der Waals surface area (Å²) in [6, 6.07) is 0. The number of rotatable bonds is 0. The first-order chi connectivity index (χ1) is 6.00. The van der Waals surface area contributed by atoms with Gasteiger partial charge >= 0.3 is 34.7 Å². The Bertz CT molecular complexity index is 346. The first-order valence-electron chi connectivity index (χ1n) is 2.00. The zero-order valence-corrected chi connectivity index (χ0v) is 12.7. The van der Waals surface area contributed by atoms with Gasteiger partial charge < -0.3 is 33.5 Å². The van der Waals surface area contributed by atoms with Crippen LogP contribution in [0.15, 0.2) is 0 Å². The Hall–Kier alpha value is 0.635. The Kier molecular flexibility index (Phi) is 28.3. The van der Waals surface area contributed by atoms with Crippen molar-refractivity contribution < 1.29 is 52.6 Å². The molecule has 0 heterocycles. The van der Waals surface area contributed by atoms with Gasteiger partial charge in [-0.15, -0.1) is 0 Å². The molecule has 18 heteroatoms. The summed E-state index contributed by atoms with van der Waals surface area (Å²) >= 11 is 0. The van der Waals surface area contributed by atoms with Crippen molar-refractivity contribution in [3.05, 3.63) is 0 Å². The van der Waals surface area contributed by atoms with E-state index in [1.165, 1.54) is 0 Å². The summed E-state index contributed by atoms with van der Waals surface area (Å²) in [5.41, 5.74) is 0. The third-order valence-electron chi connectivity index (χ3n) is 0.